The Kier molecular flexibility index (Phi) is 3.19. The topological polar surface area (TPSA) is 75.1 Å². The summed E-state index contributed by atoms with van der Waals surface area (Å²) in [4.78, 5) is 19.2. The number of aromatic nitrogens is 2. The third kappa shape index (κ3) is 2.51. The van der Waals surface area contributed by atoms with Gasteiger partial charge in [0.15, 0.2) is 0 Å². The molecule has 2 N–H and O–H groups in total. The number of fused-ring (bicyclic) bond motifs is 1. The highest BCUT2D eigenvalue weighted by atomic mass is 19.1. The van der Waals surface area contributed by atoms with Crippen LogP contribution < -0.4 is 5.32 Å². The Morgan fingerprint density at radius 3 is 2.86 bits per heavy atom. The summed E-state index contributed by atoms with van der Waals surface area (Å²) in [5, 5.41) is 12.9. The number of hydrogen-bond acceptors (Lipinski definition) is 4. The fraction of sp³-hybridized carbons (Fsp3) is 0. The SMILES string of the molecule is O=C(O)c1cc(F)cnc1Nc1cccc2ncccc12. The second-order valence-corrected chi connectivity index (χ2v) is 4.36. The monoisotopic (exact) mass is 283 g/mol. The van der Waals surface area contributed by atoms with Crippen LogP contribution in [0.1, 0.15) is 10.4 Å². The lowest BCUT2D eigenvalue weighted by Crippen LogP contribution is -2.06. The molecule has 3 aromatic rings. The molecule has 0 unspecified atom stereocenters. The van der Waals surface area contributed by atoms with Crippen molar-refractivity contribution >= 4 is 28.4 Å². The summed E-state index contributed by atoms with van der Waals surface area (Å²) in [5.41, 5.74) is 1.19. The summed E-state index contributed by atoms with van der Waals surface area (Å²) in [6.07, 6.45) is 2.64. The first-order valence-corrected chi connectivity index (χ1v) is 6.15. The summed E-state index contributed by atoms with van der Waals surface area (Å²) < 4.78 is 13.1. The Labute approximate surface area is 119 Å². The largest absolute Gasteiger partial charge is 0.478 e. The van der Waals surface area contributed by atoms with E-state index in [1.54, 1.807) is 24.4 Å². The summed E-state index contributed by atoms with van der Waals surface area (Å²) in [6, 6.07) is 9.98. The fourth-order valence-corrected chi connectivity index (χ4v) is 2.04. The molecule has 0 radical (unpaired) electrons. The Morgan fingerprint density at radius 2 is 2.05 bits per heavy atom. The third-order valence-corrected chi connectivity index (χ3v) is 2.98. The number of nitrogens with one attached hydrogen (secondary N) is 1. The number of pyridine rings is 2. The Hall–Kier alpha value is -3.02. The number of aromatic carboxylic acids is 1. The molecule has 0 saturated heterocycles. The zero-order valence-corrected chi connectivity index (χ0v) is 10.7. The number of benzene rings is 1. The van der Waals surface area contributed by atoms with Gasteiger partial charge in [-0.25, -0.2) is 14.2 Å². The molecule has 0 atom stereocenters. The number of carboxylic acid groups (broad SMARTS) is 1. The van der Waals surface area contributed by atoms with Crippen LogP contribution in [-0.4, -0.2) is 21.0 Å². The number of hydrogen-bond donors (Lipinski definition) is 2. The van der Waals surface area contributed by atoms with Crippen LogP contribution in [0.4, 0.5) is 15.9 Å². The van der Waals surface area contributed by atoms with E-state index in [2.05, 4.69) is 15.3 Å². The van der Waals surface area contributed by atoms with Gasteiger partial charge in [0.05, 0.1) is 11.7 Å². The van der Waals surface area contributed by atoms with E-state index in [-0.39, 0.29) is 11.4 Å². The van der Waals surface area contributed by atoms with E-state index in [1.165, 1.54) is 0 Å². The lowest BCUT2D eigenvalue weighted by molar-refractivity contribution is 0.0697. The standard InChI is InChI=1S/C15H10FN3O2/c16-9-7-11(15(20)21)14(18-8-9)19-13-5-1-4-12-10(13)3-2-6-17-12/h1-8H,(H,18,19)(H,20,21). The lowest BCUT2D eigenvalue weighted by atomic mass is 10.1. The first-order chi connectivity index (χ1) is 10.1. The molecule has 0 saturated carbocycles. The molecule has 21 heavy (non-hydrogen) atoms. The number of rotatable bonds is 3. The summed E-state index contributed by atoms with van der Waals surface area (Å²) in [5.74, 6) is -1.86. The van der Waals surface area contributed by atoms with Crippen molar-refractivity contribution in [3.05, 3.63) is 60.2 Å². The van der Waals surface area contributed by atoms with Gasteiger partial charge in [-0.2, -0.15) is 0 Å². The van der Waals surface area contributed by atoms with Crippen molar-refractivity contribution in [2.75, 3.05) is 5.32 Å². The van der Waals surface area contributed by atoms with E-state index in [9.17, 15) is 9.18 Å². The average molecular weight is 283 g/mol. The number of carboxylic acids is 1. The van der Waals surface area contributed by atoms with E-state index < -0.39 is 11.8 Å². The van der Waals surface area contributed by atoms with Crippen molar-refractivity contribution in [2.45, 2.75) is 0 Å². The van der Waals surface area contributed by atoms with Gasteiger partial charge in [0.2, 0.25) is 0 Å². The summed E-state index contributed by atoms with van der Waals surface area (Å²) in [6.45, 7) is 0. The van der Waals surface area contributed by atoms with Crippen molar-refractivity contribution in [3.63, 3.8) is 0 Å². The zero-order valence-electron chi connectivity index (χ0n) is 10.7. The maximum atomic E-state index is 13.1. The molecule has 0 aliphatic carbocycles. The van der Waals surface area contributed by atoms with Crippen LogP contribution >= 0.6 is 0 Å². The average Bonchev–Trinajstić information content (AvgIpc) is 2.49. The first kappa shape index (κ1) is 13.0. The first-order valence-electron chi connectivity index (χ1n) is 6.15. The van der Waals surface area contributed by atoms with Crippen LogP contribution in [0.5, 0.6) is 0 Å². The van der Waals surface area contributed by atoms with E-state index in [0.29, 0.717) is 5.69 Å². The molecule has 3 rings (SSSR count). The van der Waals surface area contributed by atoms with E-state index >= 15 is 0 Å². The van der Waals surface area contributed by atoms with Crippen LogP contribution in [0.2, 0.25) is 0 Å². The third-order valence-electron chi connectivity index (χ3n) is 2.98. The highest BCUT2D eigenvalue weighted by Gasteiger charge is 2.14. The van der Waals surface area contributed by atoms with Gasteiger partial charge in [-0.15, -0.1) is 0 Å². The smallest absolute Gasteiger partial charge is 0.339 e. The maximum Gasteiger partial charge on any atom is 0.339 e. The van der Waals surface area contributed by atoms with Gasteiger partial charge in [0.25, 0.3) is 0 Å². The predicted molar refractivity (Wildman–Crippen MR) is 76.2 cm³/mol. The van der Waals surface area contributed by atoms with Gasteiger partial charge in [0.1, 0.15) is 17.2 Å². The van der Waals surface area contributed by atoms with Gasteiger partial charge in [0, 0.05) is 17.3 Å². The van der Waals surface area contributed by atoms with E-state index in [4.69, 9.17) is 5.11 Å². The molecule has 104 valence electrons. The van der Waals surface area contributed by atoms with Gasteiger partial charge < -0.3 is 10.4 Å². The van der Waals surface area contributed by atoms with E-state index in [0.717, 1.165) is 23.2 Å². The zero-order chi connectivity index (χ0) is 14.8. The van der Waals surface area contributed by atoms with Crippen molar-refractivity contribution in [3.8, 4) is 0 Å². The highest BCUT2D eigenvalue weighted by Crippen LogP contribution is 2.26. The molecular formula is C15H10FN3O2. The molecule has 0 spiro atoms. The molecule has 0 fully saturated rings. The van der Waals surface area contributed by atoms with Gasteiger partial charge in [-0.3, -0.25) is 4.98 Å². The maximum absolute atomic E-state index is 13.1. The van der Waals surface area contributed by atoms with Crippen molar-refractivity contribution in [1.29, 1.82) is 0 Å². The minimum atomic E-state index is -1.25. The number of anilines is 2. The Balaban J connectivity index is 2.09. The molecule has 2 heterocycles. The molecule has 0 aliphatic rings. The van der Waals surface area contributed by atoms with Crippen LogP contribution in [0.25, 0.3) is 10.9 Å². The van der Waals surface area contributed by atoms with Crippen LogP contribution in [0.3, 0.4) is 0 Å². The molecule has 0 aliphatic heterocycles. The summed E-state index contributed by atoms with van der Waals surface area (Å²) >= 11 is 0. The normalized spacial score (nSPS) is 10.5. The number of nitrogens with zero attached hydrogens (tertiary/aromatic N) is 2. The minimum absolute atomic E-state index is 0.0836. The molecule has 2 aromatic heterocycles. The predicted octanol–water partition coefficient (Wildman–Crippen LogP) is 3.21. The molecule has 0 amide bonds. The van der Waals surface area contributed by atoms with Crippen LogP contribution in [0.15, 0.2) is 48.8 Å². The van der Waals surface area contributed by atoms with Gasteiger partial charge >= 0.3 is 5.97 Å². The Bertz CT molecular complexity index is 831. The second kappa shape index (κ2) is 5.16. The van der Waals surface area contributed by atoms with Crippen molar-refractivity contribution < 1.29 is 14.3 Å². The molecule has 5 nitrogen and oxygen atoms in total. The van der Waals surface area contributed by atoms with Crippen LogP contribution in [0, 0.1) is 5.82 Å². The number of carbonyl (C=O) groups is 1. The second-order valence-electron chi connectivity index (χ2n) is 4.36. The summed E-state index contributed by atoms with van der Waals surface area (Å²) in [7, 11) is 0. The van der Waals surface area contributed by atoms with E-state index in [1.807, 2.05) is 12.1 Å². The molecule has 0 bridgehead atoms. The quantitative estimate of drug-likeness (QED) is 0.772. The minimum Gasteiger partial charge on any atom is -0.478 e. The lowest BCUT2D eigenvalue weighted by Gasteiger charge is -2.10. The molecule has 6 heteroatoms. The van der Waals surface area contributed by atoms with Crippen molar-refractivity contribution in [2.24, 2.45) is 0 Å². The fourth-order valence-electron chi connectivity index (χ4n) is 2.04. The van der Waals surface area contributed by atoms with Crippen molar-refractivity contribution in [1.82, 2.24) is 9.97 Å². The van der Waals surface area contributed by atoms with Crippen LogP contribution in [-0.2, 0) is 0 Å². The van der Waals surface area contributed by atoms with Gasteiger partial charge in [-0.05, 0) is 30.3 Å². The highest BCUT2D eigenvalue weighted by molar-refractivity contribution is 5.97. The molecular weight excluding hydrogens is 273 g/mol. The molecule has 1 aromatic carbocycles. The Morgan fingerprint density at radius 1 is 1.19 bits per heavy atom. The number of halogens is 1. The van der Waals surface area contributed by atoms with Gasteiger partial charge in [-0.1, -0.05) is 6.07 Å².